The molecular weight excluding hydrogens is 344 g/mol. The molecule has 1 saturated heterocycles. The summed E-state index contributed by atoms with van der Waals surface area (Å²) in [5.41, 5.74) is 4.90. The summed E-state index contributed by atoms with van der Waals surface area (Å²) in [5.74, 6) is 0. The summed E-state index contributed by atoms with van der Waals surface area (Å²) in [5, 5.41) is 4.55. The highest BCUT2D eigenvalue weighted by molar-refractivity contribution is 5.86. The van der Waals surface area contributed by atoms with E-state index in [1.165, 1.54) is 11.1 Å². The third-order valence-corrected chi connectivity index (χ3v) is 5.48. The molecule has 0 aliphatic carbocycles. The number of hydrogen-bond donors (Lipinski definition) is 0. The first-order chi connectivity index (χ1) is 13.8. The van der Waals surface area contributed by atoms with Gasteiger partial charge in [-0.25, -0.2) is 0 Å². The van der Waals surface area contributed by atoms with E-state index >= 15 is 0 Å². The maximum atomic E-state index is 5.73. The van der Waals surface area contributed by atoms with E-state index in [4.69, 9.17) is 4.84 Å². The molecular formula is C25H26N2O. The molecule has 2 atom stereocenters. The predicted molar refractivity (Wildman–Crippen MR) is 114 cm³/mol. The van der Waals surface area contributed by atoms with Crippen molar-refractivity contribution in [1.29, 1.82) is 0 Å². The minimum atomic E-state index is 0.291. The molecule has 28 heavy (non-hydrogen) atoms. The Balaban J connectivity index is 1.57. The fourth-order valence-electron chi connectivity index (χ4n) is 3.94. The van der Waals surface area contributed by atoms with E-state index in [-0.39, 0.29) is 0 Å². The second kappa shape index (κ2) is 8.85. The first-order valence-corrected chi connectivity index (χ1v) is 9.85. The Bertz CT molecular complexity index is 842. The van der Waals surface area contributed by atoms with Gasteiger partial charge < -0.3 is 4.84 Å². The van der Waals surface area contributed by atoms with E-state index < -0.39 is 0 Å². The van der Waals surface area contributed by atoms with Gasteiger partial charge >= 0.3 is 0 Å². The van der Waals surface area contributed by atoms with Crippen LogP contribution >= 0.6 is 0 Å². The predicted octanol–water partition coefficient (Wildman–Crippen LogP) is 5.77. The number of hydrogen-bond acceptors (Lipinski definition) is 3. The molecule has 0 radical (unpaired) electrons. The van der Waals surface area contributed by atoms with Gasteiger partial charge in [0.1, 0.15) is 6.61 Å². The number of oxime groups is 1. The van der Waals surface area contributed by atoms with Crippen molar-refractivity contribution in [3.8, 4) is 0 Å². The van der Waals surface area contributed by atoms with Crippen LogP contribution in [0.1, 0.15) is 41.6 Å². The third-order valence-electron chi connectivity index (χ3n) is 5.48. The second-order valence-electron chi connectivity index (χ2n) is 7.34. The van der Waals surface area contributed by atoms with E-state index in [2.05, 4.69) is 89.9 Å². The first-order valence-electron chi connectivity index (χ1n) is 9.85. The smallest absolute Gasteiger partial charge is 0.142 e. The summed E-state index contributed by atoms with van der Waals surface area (Å²) in [6, 6.07) is 32.2. The Morgan fingerprint density at radius 1 is 0.750 bits per heavy atom. The number of piperidine rings is 1. The number of nitrogens with zero attached hydrogens (tertiary/aromatic N) is 2. The molecule has 4 rings (SSSR count). The maximum absolute atomic E-state index is 5.73. The van der Waals surface area contributed by atoms with Crippen LogP contribution in [0.4, 0.5) is 0 Å². The van der Waals surface area contributed by atoms with Crippen molar-refractivity contribution in [2.75, 3.05) is 7.05 Å². The summed E-state index contributed by atoms with van der Waals surface area (Å²) in [7, 11) is 2.22. The topological polar surface area (TPSA) is 24.8 Å². The average molecular weight is 370 g/mol. The molecule has 3 nitrogen and oxygen atoms in total. The minimum Gasteiger partial charge on any atom is -0.391 e. The monoisotopic (exact) mass is 370 g/mol. The summed E-state index contributed by atoms with van der Waals surface area (Å²) in [4.78, 5) is 8.21. The normalized spacial score (nSPS) is 20.0. The zero-order valence-corrected chi connectivity index (χ0v) is 16.2. The Hall–Kier alpha value is -2.91. The zero-order valence-electron chi connectivity index (χ0n) is 16.2. The molecule has 0 spiro atoms. The molecule has 1 heterocycles. The molecule has 2 unspecified atom stereocenters. The van der Waals surface area contributed by atoms with Crippen LogP contribution in [0.5, 0.6) is 0 Å². The van der Waals surface area contributed by atoms with Crippen molar-refractivity contribution in [2.24, 2.45) is 5.16 Å². The summed E-state index contributed by atoms with van der Waals surface area (Å²) in [6.45, 7) is 0.506. The van der Waals surface area contributed by atoms with E-state index in [0.717, 1.165) is 24.1 Å². The highest BCUT2D eigenvalue weighted by Gasteiger charge is 2.33. The molecule has 0 aromatic heterocycles. The number of benzene rings is 3. The van der Waals surface area contributed by atoms with E-state index in [1.54, 1.807) is 0 Å². The van der Waals surface area contributed by atoms with E-state index in [1.807, 2.05) is 18.2 Å². The summed E-state index contributed by atoms with van der Waals surface area (Å²) in [6.07, 6.45) is 1.78. The molecule has 0 saturated carbocycles. The van der Waals surface area contributed by atoms with Crippen molar-refractivity contribution < 1.29 is 4.84 Å². The molecule has 0 amide bonds. The number of rotatable bonds is 5. The summed E-state index contributed by atoms with van der Waals surface area (Å²) < 4.78 is 0. The lowest BCUT2D eigenvalue weighted by Gasteiger charge is -2.40. The largest absolute Gasteiger partial charge is 0.391 e. The number of likely N-dealkylation sites (tertiary alicyclic amines) is 1. The Kier molecular flexibility index (Phi) is 5.83. The fourth-order valence-corrected chi connectivity index (χ4v) is 3.94. The van der Waals surface area contributed by atoms with Crippen molar-refractivity contribution >= 4 is 5.71 Å². The minimum absolute atomic E-state index is 0.291. The van der Waals surface area contributed by atoms with E-state index in [9.17, 15) is 0 Å². The van der Waals surface area contributed by atoms with Crippen molar-refractivity contribution in [3.05, 3.63) is 108 Å². The third kappa shape index (κ3) is 4.32. The summed E-state index contributed by atoms with van der Waals surface area (Å²) >= 11 is 0. The van der Waals surface area contributed by atoms with Gasteiger partial charge in [0.15, 0.2) is 0 Å². The van der Waals surface area contributed by atoms with Crippen LogP contribution in [0.15, 0.2) is 96.2 Å². The van der Waals surface area contributed by atoms with Gasteiger partial charge in [-0.2, -0.15) is 0 Å². The molecule has 1 aliphatic heterocycles. The van der Waals surface area contributed by atoms with Crippen molar-refractivity contribution in [1.82, 2.24) is 4.90 Å². The highest BCUT2D eigenvalue weighted by atomic mass is 16.6. The molecule has 0 bridgehead atoms. The van der Waals surface area contributed by atoms with E-state index in [0.29, 0.717) is 18.7 Å². The lowest BCUT2D eigenvalue weighted by molar-refractivity contribution is 0.118. The van der Waals surface area contributed by atoms with Gasteiger partial charge in [0.2, 0.25) is 0 Å². The Morgan fingerprint density at radius 3 is 1.71 bits per heavy atom. The van der Waals surface area contributed by atoms with Gasteiger partial charge in [0.05, 0.1) is 5.71 Å². The lowest BCUT2D eigenvalue weighted by atomic mass is 9.87. The van der Waals surface area contributed by atoms with Crippen LogP contribution in [0.2, 0.25) is 0 Å². The van der Waals surface area contributed by atoms with Crippen molar-refractivity contribution in [2.45, 2.75) is 31.5 Å². The van der Waals surface area contributed by atoms with Crippen LogP contribution < -0.4 is 0 Å². The van der Waals surface area contributed by atoms with Crippen LogP contribution in [0, 0.1) is 0 Å². The van der Waals surface area contributed by atoms with Gasteiger partial charge in [-0.15, -0.1) is 0 Å². The van der Waals surface area contributed by atoms with Gasteiger partial charge in [0.25, 0.3) is 0 Å². The van der Waals surface area contributed by atoms with Gasteiger partial charge in [-0.3, -0.25) is 4.90 Å². The van der Waals surface area contributed by atoms with Crippen LogP contribution in [0.25, 0.3) is 0 Å². The molecule has 1 fully saturated rings. The molecule has 142 valence electrons. The second-order valence-corrected chi connectivity index (χ2v) is 7.34. The van der Waals surface area contributed by atoms with Gasteiger partial charge in [-0.05, 0) is 23.7 Å². The molecule has 3 aromatic carbocycles. The van der Waals surface area contributed by atoms with Crippen LogP contribution in [-0.4, -0.2) is 17.7 Å². The zero-order chi connectivity index (χ0) is 19.2. The molecule has 1 aliphatic rings. The van der Waals surface area contributed by atoms with Crippen LogP contribution in [0.3, 0.4) is 0 Å². The highest BCUT2D eigenvalue weighted by Crippen LogP contribution is 2.39. The molecule has 3 heteroatoms. The molecule has 3 aromatic rings. The Labute approximate surface area is 167 Å². The first kappa shape index (κ1) is 18.5. The SMILES string of the molecule is CN1C(c2ccccc2)CC(=NOCc2ccccc2)CC1c1ccccc1. The maximum Gasteiger partial charge on any atom is 0.142 e. The van der Waals surface area contributed by atoms with Crippen LogP contribution in [-0.2, 0) is 11.4 Å². The van der Waals surface area contributed by atoms with Gasteiger partial charge in [-0.1, -0.05) is 96.2 Å². The fraction of sp³-hybridized carbons (Fsp3) is 0.240. The average Bonchev–Trinajstić information content (AvgIpc) is 2.77. The molecule has 0 N–H and O–H groups in total. The van der Waals surface area contributed by atoms with Crippen molar-refractivity contribution in [3.63, 3.8) is 0 Å². The standard InChI is InChI=1S/C25H26N2O/c1-27-24(21-13-7-3-8-14-21)17-23(18-25(27)22-15-9-4-10-16-22)26-28-19-20-11-5-2-6-12-20/h2-16,24-25H,17-19H2,1H3. The Morgan fingerprint density at radius 2 is 1.21 bits per heavy atom. The quantitative estimate of drug-likeness (QED) is 0.533. The lowest BCUT2D eigenvalue weighted by Crippen LogP contribution is -2.37. The van der Waals surface area contributed by atoms with Gasteiger partial charge in [0, 0.05) is 24.9 Å².